The first kappa shape index (κ1) is 14.0. The highest BCUT2D eigenvalue weighted by Gasteiger charge is 2.34. The van der Waals surface area contributed by atoms with E-state index in [9.17, 15) is 19.7 Å². The number of carbonyl (C=O) groups is 2. The number of hydrogen-bond acceptors (Lipinski definition) is 4. The van der Waals surface area contributed by atoms with E-state index in [4.69, 9.17) is 5.11 Å². The van der Waals surface area contributed by atoms with Crippen molar-refractivity contribution in [1.29, 1.82) is 0 Å². The first-order valence-corrected chi connectivity index (χ1v) is 6.20. The predicted molar refractivity (Wildman–Crippen MR) is 69.5 cm³/mol. The number of aryl methyl sites for hydroxylation is 1. The monoisotopic (exact) mass is 278 g/mol. The average molecular weight is 278 g/mol. The van der Waals surface area contributed by atoms with Crippen LogP contribution in [0.2, 0.25) is 0 Å². The van der Waals surface area contributed by atoms with Crippen molar-refractivity contribution >= 4 is 17.6 Å². The van der Waals surface area contributed by atoms with E-state index in [0.29, 0.717) is 24.9 Å². The Kier molecular flexibility index (Phi) is 3.69. The van der Waals surface area contributed by atoms with Gasteiger partial charge in [-0.1, -0.05) is 6.07 Å². The van der Waals surface area contributed by atoms with Crippen molar-refractivity contribution in [2.45, 2.75) is 25.8 Å². The van der Waals surface area contributed by atoms with Crippen molar-refractivity contribution < 1.29 is 19.6 Å². The standard InChI is InChI=1S/C13H14N2O5/c1-8-4-5-9(7-11(8)15(19)20)12(16)14-6-2-3-10(14)13(17)18/h4-5,7,10H,2-3,6H2,1H3,(H,17,18)/t10-/m0/s1. The summed E-state index contributed by atoms with van der Waals surface area (Å²) in [5, 5.41) is 19.9. The van der Waals surface area contributed by atoms with Crippen LogP contribution in [0.1, 0.15) is 28.8 Å². The molecule has 0 spiro atoms. The van der Waals surface area contributed by atoms with Gasteiger partial charge in [0.05, 0.1) is 4.92 Å². The minimum Gasteiger partial charge on any atom is -0.480 e. The maximum absolute atomic E-state index is 12.3. The molecule has 0 saturated carbocycles. The molecular formula is C13H14N2O5. The molecule has 1 heterocycles. The Balaban J connectivity index is 2.32. The van der Waals surface area contributed by atoms with Crippen LogP contribution >= 0.6 is 0 Å². The first-order valence-electron chi connectivity index (χ1n) is 6.20. The smallest absolute Gasteiger partial charge is 0.326 e. The van der Waals surface area contributed by atoms with E-state index in [1.54, 1.807) is 6.92 Å². The van der Waals surface area contributed by atoms with Gasteiger partial charge in [0.15, 0.2) is 0 Å². The summed E-state index contributed by atoms with van der Waals surface area (Å²) in [5.41, 5.74) is 0.472. The van der Waals surface area contributed by atoms with Gasteiger partial charge in [-0.2, -0.15) is 0 Å². The number of carbonyl (C=O) groups excluding carboxylic acids is 1. The Hall–Kier alpha value is -2.44. The lowest BCUT2D eigenvalue weighted by molar-refractivity contribution is -0.385. The molecule has 1 saturated heterocycles. The summed E-state index contributed by atoms with van der Waals surface area (Å²) in [7, 11) is 0. The molecule has 0 unspecified atom stereocenters. The fourth-order valence-corrected chi connectivity index (χ4v) is 2.37. The molecule has 0 aliphatic carbocycles. The number of rotatable bonds is 3. The van der Waals surface area contributed by atoms with E-state index in [1.165, 1.54) is 23.1 Å². The fourth-order valence-electron chi connectivity index (χ4n) is 2.37. The fraction of sp³-hybridized carbons (Fsp3) is 0.385. The zero-order valence-corrected chi connectivity index (χ0v) is 10.9. The molecule has 0 bridgehead atoms. The number of likely N-dealkylation sites (tertiary alicyclic amines) is 1. The van der Waals surface area contributed by atoms with Crippen molar-refractivity contribution in [3.05, 3.63) is 39.4 Å². The van der Waals surface area contributed by atoms with Crippen LogP contribution < -0.4 is 0 Å². The lowest BCUT2D eigenvalue weighted by Crippen LogP contribution is -2.40. The SMILES string of the molecule is Cc1ccc(C(=O)N2CCC[C@H]2C(=O)O)cc1[N+](=O)[O-]. The van der Waals surface area contributed by atoms with Crippen LogP contribution in [0.4, 0.5) is 5.69 Å². The Morgan fingerprint density at radius 3 is 2.75 bits per heavy atom. The van der Waals surface area contributed by atoms with E-state index in [2.05, 4.69) is 0 Å². The Labute approximate surface area is 115 Å². The number of nitrogens with zero attached hydrogens (tertiary/aromatic N) is 2. The van der Waals surface area contributed by atoms with Crippen LogP contribution in [0.25, 0.3) is 0 Å². The Morgan fingerprint density at radius 2 is 2.15 bits per heavy atom. The van der Waals surface area contributed by atoms with Crippen molar-refractivity contribution in [3.63, 3.8) is 0 Å². The van der Waals surface area contributed by atoms with Gasteiger partial charge in [0.2, 0.25) is 0 Å². The highest BCUT2D eigenvalue weighted by Crippen LogP contribution is 2.24. The number of carboxylic acids is 1. The van der Waals surface area contributed by atoms with Crippen LogP contribution in [-0.2, 0) is 4.79 Å². The maximum atomic E-state index is 12.3. The summed E-state index contributed by atoms with van der Waals surface area (Å²) < 4.78 is 0. The molecule has 1 fully saturated rings. The largest absolute Gasteiger partial charge is 0.480 e. The van der Waals surface area contributed by atoms with Gasteiger partial charge in [-0.15, -0.1) is 0 Å². The third-order valence-electron chi connectivity index (χ3n) is 3.45. The molecule has 1 aromatic carbocycles. The zero-order valence-electron chi connectivity index (χ0n) is 10.9. The molecule has 1 aliphatic rings. The molecule has 106 valence electrons. The van der Waals surface area contributed by atoms with Crippen LogP contribution in [0.3, 0.4) is 0 Å². The molecule has 7 heteroatoms. The lowest BCUT2D eigenvalue weighted by Gasteiger charge is -2.21. The molecule has 1 aromatic rings. The molecule has 1 N–H and O–H groups in total. The molecule has 0 aromatic heterocycles. The van der Waals surface area contributed by atoms with Gasteiger partial charge >= 0.3 is 5.97 Å². The van der Waals surface area contributed by atoms with E-state index < -0.39 is 22.8 Å². The molecule has 1 aliphatic heterocycles. The first-order chi connectivity index (χ1) is 9.41. The van der Waals surface area contributed by atoms with Gasteiger partial charge in [0, 0.05) is 23.7 Å². The minimum atomic E-state index is -1.04. The van der Waals surface area contributed by atoms with Crippen LogP contribution in [0, 0.1) is 17.0 Å². The summed E-state index contributed by atoms with van der Waals surface area (Å²) in [6, 6.07) is 3.34. The third kappa shape index (κ3) is 2.47. The molecule has 7 nitrogen and oxygen atoms in total. The van der Waals surface area contributed by atoms with Gasteiger partial charge in [-0.25, -0.2) is 4.79 Å². The Bertz CT molecular complexity index is 584. The number of carboxylic acid groups (broad SMARTS) is 1. The second-order valence-electron chi connectivity index (χ2n) is 4.75. The number of amides is 1. The van der Waals surface area contributed by atoms with Crippen LogP contribution in [0.15, 0.2) is 18.2 Å². The summed E-state index contributed by atoms with van der Waals surface area (Å²) in [5.74, 6) is -1.52. The minimum absolute atomic E-state index is 0.137. The quantitative estimate of drug-likeness (QED) is 0.668. The molecule has 1 amide bonds. The number of hydrogen-bond donors (Lipinski definition) is 1. The van der Waals surface area contributed by atoms with Crippen molar-refractivity contribution in [2.75, 3.05) is 6.54 Å². The number of nitro benzene ring substituents is 1. The Morgan fingerprint density at radius 1 is 1.45 bits per heavy atom. The highest BCUT2D eigenvalue weighted by molar-refractivity contribution is 5.97. The van der Waals surface area contributed by atoms with Crippen molar-refractivity contribution in [1.82, 2.24) is 4.90 Å². The third-order valence-corrected chi connectivity index (χ3v) is 3.45. The zero-order chi connectivity index (χ0) is 14.9. The number of aliphatic carboxylic acids is 1. The van der Waals surface area contributed by atoms with E-state index >= 15 is 0 Å². The van der Waals surface area contributed by atoms with Crippen molar-refractivity contribution in [2.24, 2.45) is 0 Å². The van der Waals surface area contributed by atoms with E-state index in [0.717, 1.165) is 0 Å². The average Bonchev–Trinajstić information content (AvgIpc) is 2.87. The van der Waals surface area contributed by atoms with E-state index in [-0.39, 0.29) is 11.3 Å². The number of nitro groups is 1. The van der Waals surface area contributed by atoms with Crippen molar-refractivity contribution in [3.8, 4) is 0 Å². The molecule has 2 rings (SSSR count). The highest BCUT2D eigenvalue weighted by atomic mass is 16.6. The predicted octanol–water partition coefficient (Wildman–Crippen LogP) is 1.59. The van der Waals surface area contributed by atoms with Gasteiger partial charge in [-0.05, 0) is 25.8 Å². The van der Waals surface area contributed by atoms with E-state index in [1.807, 2.05) is 0 Å². The lowest BCUT2D eigenvalue weighted by atomic mass is 10.1. The second-order valence-corrected chi connectivity index (χ2v) is 4.75. The summed E-state index contributed by atoms with van der Waals surface area (Å²) in [6.07, 6.45) is 1.03. The van der Waals surface area contributed by atoms with Crippen LogP contribution in [-0.4, -0.2) is 39.4 Å². The second kappa shape index (κ2) is 5.28. The molecular weight excluding hydrogens is 264 g/mol. The van der Waals surface area contributed by atoms with Gasteiger partial charge in [0.1, 0.15) is 6.04 Å². The van der Waals surface area contributed by atoms with Gasteiger partial charge in [-0.3, -0.25) is 14.9 Å². The van der Waals surface area contributed by atoms with Gasteiger partial charge in [0.25, 0.3) is 11.6 Å². The van der Waals surface area contributed by atoms with Crippen LogP contribution in [0.5, 0.6) is 0 Å². The number of benzene rings is 1. The topological polar surface area (TPSA) is 101 Å². The van der Waals surface area contributed by atoms with Gasteiger partial charge < -0.3 is 10.0 Å². The summed E-state index contributed by atoms with van der Waals surface area (Å²) in [6.45, 7) is 1.94. The maximum Gasteiger partial charge on any atom is 0.326 e. The summed E-state index contributed by atoms with van der Waals surface area (Å²) >= 11 is 0. The normalized spacial score (nSPS) is 18.1. The molecule has 1 atom stereocenters. The molecule has 0 radical (unpaired) electrons. The molecule has 20 heavy (non-hydrogen) atoms. The summed E-state index contributed by atoms with van der Waals surface area (Å²) in [4.78, 5) is 34.9.